The largest absolute Gasteiger partial charge is 0.507 e. The lowest BCUT2D eigenvalue weighted by Crippen LogP contribution is -2.31. The summed E-state index contributed by atoms with van der Waals surface area (Å²) in [4.78, 5) is 18.8. The molecule has 1 aliphatic heterocycles. The highest BCUT2D eigenvalue weighted by Gasteiger charge is 2.37. The molecule has 9 nitrogen and oxygen atoms in total. The number of benzene rings is 3. The van der Waals surface area contributed by atoms with Crippen LogP contribution in [0.15, 0.2) is 84.1 Å². The van der Waals surface area contributed by atoms with E-state index < -0.39 is 23.7 Å². The minimum Gasteiger partial charge on any atom is -0.507 e. The molecule has 2 N–H and O–H groups in total. The summed E-state index contributed by atoms with van der Waals surface area (Å²) >= 11 is 0. The van der Waals surface area contributed by atoms with Crippen molar-refractivity contribution in [2.45, 2.75) is 32.5 Å². The van der Waals surface area contributed by atoms with Gasteiger partial charge in [-0.2, -0.15) is 33.8 Å². The number of aromatic hydroxyl groups is 1. The van der Waals surface area contributed by atoms with Gasteiger partial charge in [0.15, 0.2) is 5.82 Å². The van der Waals surface area contributed by atoms with Gasteiger partial charge in [-0.1, -0.05) is 37.3 Å². The molecule has 1 aromatic heterocycles. The quantitative estimate of drug-likeness (QED) is 0.266. The third kappa shape index (κ3) is 5.83. The van der Waals surface area contributed by atoms with Crippen LogP contribution in [0.1, 0.15) is 52.8 Å². The molecule has 44 heavy (non-hydrogen) atoms. The molecule has 1 aliphatic rings. The van der Waals surface area contributed by atoms with Crippen molar-refractivity contribution >= 4 is 17.5 Å². The Morgan fingerprint density at radius 1 is 1.07 bits per heavy atom. The second kappa shape index (κ2) is 11.9. The lowest BCUT2D eigenvalue weighted by molar-refractivity contribution is -0.137. The van der Waals surface area contributed by atoms with Gasteiger partial charge in [0.05, 0.1) is 34.4 Å². The number of allylic oxidation sites excluding steroid dienone is 2. The lowest BCUT2D eigenvalue weighted by atomic mass is 9.95. The monoisotopic (exact) mass is 597 g/mol. The van der Waals surface area contributed by atoms with E-state index >= 15 is 0 Å². The number of hydrogen-bond acceptors (Lipinski definition) is 7. The normalized spacial score (nSPS) is 15.2. The first-order valence-corrected chi connectivity index (χ1v) is 13.6. The van der Waals surface area contributed by atoms with Gasteiger partial charge in [-0.15, -0.1) is 0 Å². The molecule has 2 atom stereocenters. The van der Waals surface area contributed by atoms with E-state index in [0.29, 0.717) is 29.1 Å². The van der Waals surface area contributed by atoms with Crippen LogP contribution < -0.4 is 10.2 Å². The Morgan fingerprint density at radius 2 is 1.80 bits per heavy atom. The van der Waals surface area contributed by atoms with Crippen LogP contribution in [0, 0.1) is 28.6 Å². The SMILES string of the molecule is CC1=C(C#N)[C@@H](c2ccc(C#N)cc2)n2nc(CC(C)CNC(=O)c3ccccc3O)nc2N1c1cccc(C(F)(F)F)c1. The average molecular weight is 598 g/mol. The van der Waals surface area contributed by atoms with Gasteiger partial charge >= 0.3 is 6.18 Å². The number of phenols is 1. The third-order valence-corrected chi connectivity index (χ3v) is 7.30. The maximum Gasteiger partial charge on any atom is 0.416 e. The van der Waals surface area contributed by atoms with E-state index in [-0.39, 0.29) is 41.0 Å². The summed E-state index contributed by atoms with van der Waals surface area (Å²) in [6.45, 7) is 3.75. The molecule has 5 rings (SSSR count). The van der Waals surface area contributed by atoms with E-state index in [2.05, 4.69) is 17.5 Å². The minimum atomic E-state index is -4.58. The highest BCUT2D eigenvalue weighted by molar-refractivity contribution is 5.96. The van der Waals surface area contributed by atoms with Crippen LogP contribution in [0.5, 0.6) is 5.75 Å². The smallest absolute Gasteiger partial charge is 0.416 e. The number of anilines is 2. The van der Waals surface area contributed by atoms with Gasteiger partial charge < -0.3 is 10.4 Å². The topological polar surface area (TPSA) is 131 Å². The number of phenolic OH excluding ortho intramolecular Hbond substituents is 1. The predicted octanol–water partition coefficient (Wildman–Crippen LogP) is 6.02. The van der Waals surface area contributed by atoms with Crippen LogP contribution in [-0.4, -0.2) is 32.3 Å². The van der Waals surface area contributed by atoms with Crippen molar-refractivity contribution in [3.63, 3.8) is 0 Å². The van der Waals surface area contributed by atoms with Gasteiger partial charge in [0, 0.05) is 24.4 Å². The summed E-state index contributed by atoms with van der Waals surface area (Å²) in [7, 11) is 0. The average Bonchev–Trinajstić information content (AvgIpc) is 3.41. The maximum atomic E-state index is 13.6. The summed E-state index contributed by atoms with van der Waals surface area (Å²) < 4.78 is 42.4. The summed E-state index contributed by atoms with van der Waals surface area (Å²) in [6, 6.07) is 21.1. The fraction of sp³-hybridized carbons (Fsp3) is 0.219. The van der Waals surface area contributed by atoms with Crippen LogP contribution >= 0.6 is 0 Å². The summed E-state index contributed by atoms with van der Waals surface area (Å²) in [5.41, 5.74) is 1.15. The molecule has 4 aromatic rings. The fourth-order valence-electron chi connectivity index (χ4n) is 5.09. The van der Waals surface area contributed by atoms with Crippen LogP contribution in [0.4, 0.5) is 24.8 Å². The van der Waals surface area contributed by atoms with Crippen molar-refractivity contribution in [3.05, 3.63) is 112 Å². The summed E-state index contributed by atoms with van der Waals surface area (Å²) in [5, 5.41) is 37.0. The van der Waals surface area contributed by atoms with Gasteiger partial charge in [0.1, 0.15) is 11.8 Å². The Hall–Kier alpha value is -5.62. The Bertz CT molecular complexity index is 1830. The molecular weight excluding hydrogens is 571 g/mol. The second-order valence-electron chi connectivity index (χ2n) is 10.4. The molecular formula is C32H26F3N7O2. The number of aromatic nitrogens is 3. The first-order valence-electron chi connectivity index (χ1n) is 13.6. The Balaban J connectivity index is 1.52. The minimum absolute atomic E-state index is 0.138. The zero-order valence-electron chi connectivity index (χ0n) is 23.7. The van der Waals surface area contributed by atoms with Crippen LogP contribution in [0.25, 0.3) is 0 Å². The Kier molecular flexibility index (Phi) is 8.10. The van der Waals surface area contributed by atoms with Gasteiger partial charge in [0.2, 0.25) is 5.95 Å². The Morgan fingerprint density at radius 3 is 2.45 bits per heavy atom. The number of para-hydroxylation sites is 1. The number of hydrogen-bond donors (Lipinski definition) is 2. The summed E-state index contributed by atoms with van der Waals surface area (Å²) in [6.07, 6.45) is -4.29. The molecule has 0 saturated carbocycles. The number of carbonyl (C=O) groups is 1. The van der Waals surface area contributed by atoms with E-state index in [0.717, 1.165) is 12.1 Å². The molecule has 3 aromatic carbocycles. The number of amides is 1. The molecule has 2 heterocycles. The highest BCUT2D eigenvalue weighted by Crippen LogP contribution is 2.43. The molecule has 1 unspecified atom stereocenters. The zero-order valence-corrected chi connectivity index (χ0v) is 23.7. The first-order chi connectivity index (χ1) is 21.0. The van der Waals surface area contributed by atoms with Crippen molar-refractivity contribution in [2.24, 2.45) is 5.92 Å². The van der Waals surface area contributed by atoms with E-state index in [1.54, 1.807) is 43.3 Å². The standard InChI is InChI=1S/C32H26F3N7O2/c1-19(18-38-30(44)25-8-3-4-9-27(25)43)14-28-39-31-41(24-7-5-6-23(15-24)32(33,34)35)20(2)26(17-37)29(42(31)40-28)22-12-10-21(16-36)11-13-22/h3-13,15,19,29,43H,14,18H2,1-2H3,(H,38,44)/t19?,29-/m1/s1. The number of fused-ring (bicyclic) bond motifs is 1. The number of nitrogens with zero attached hydrogens (tertiary/aromatic N) is 6. The molecule has 0 saturated heterocycles. The Labute approximate surface area is 251 Å². The first kappa shape index (κ1) is 29.9. The van der Waals surface area contributed by atoms with E-state index in [1.807, 2.05) is 6.92 Å². The molecule has 0 spiro atoms. The molecule has 1 amide bonds. The summed E-state index contributed by atoms with van der Waals surface area (Å²) in [5.74, 6) is -0.181. The second-order valence-corrected chi connectivity index (χ2v) is 10.4. The number of nitrogens with one attached hydrogen (secondary N) is 1. The number of rotatable bonds is 7. The molecule has 12 heteroatoms. The van der Waals surface area contributed by atoms with Gasteiger partial charge in [0.25, 0.3) is 5.91 Å². The lowest BCUT2D eigenvalue weighted by Gasteiger charge is -2.34. The number of carbonyl (C=O) groups excluding carboxylic acids is 1. The van der Waals surface area contributed by atoms with Crippen LogP contribution in [0.2, 0.25) is 0 Å². The number of alkyl halides is 3. The molecule has 0 bridgehead atoms. The molecule has 0 radical (unpaired) electrons. The van der Waals surface area contributed by atoms with Gasteiger partial charge in [-0.05, 0) is 60.9 Å². The zero-order chi connectivity index (χ0) is 31.6. The van der Waals surface area contributed by atoms with Crippen molar-refractivity contribution in [2.75, 3.05) is 11.4 Å². The van der Waals surface area contributed by atoms with Crippen molar-refractivity contribution in [1.29, 1.82) is 10.5 Å². The molecule has 0 fully saturated rings. The molecule has 0 aliphatic carbocycles. The van der Waals surface area contributed by atoms with E-state index in [1.165, 1.54) is 33.8 Å². The van der Waals surface area contributed by atoms with Gasteiger partial charge in [-0.25, -0.2) is 4.68 Å². The van der Waals surface area contributed by atoms with Crippen molar-refractivity contribution < 1.29 is 23.1 Å². The van der Waals surface area contributed by atoms with E-state index in [4.69, 9.17) is 10.1 Å². The maximum absolute atomic E-state index is 13.6. The fourth-order valence-corrected chi connectivity index (χ4v) is 5.09. The van der Waals surface area contributed by atoms with Gasteiger partial charge in [-0.3, -0.25) is 9.69 Å². The van der Waals surface area contributed by atoms with Crippen LogP contribution in [-0.2, 0) is 12.6 Å². The van der Waals surface area contributed by atoms with Crippen molar-refractivity contribution in [3.8, 4) is 17.9 Å². The third-order valence-electron chi connectivity index (χ3n) is 7.30. The highest BCUT2D eigenvalue weighted by atomic mass is 19.4. The predicted molar refractivity (Wildman–Crippen MR) is 155 cm³/mol. The number of nitriles is 2. The van der Waals surface area contributed by atoms with Crippen molar-refractivity contribution in [1.82, 2.24) is 20.1 Å². The number of halogens is 3. The molecule has 222 valence electrons. The van der Waals surface area contributed by atoms with Crippen LogP contribution in [0.3, 0.4) is 0 Å². The van der Waals surface area contributed by atoms with E-state index in [9.17, 15) is 33.6 Å².